The maximum absolute atomic E-state index is 13.4. The van der Waals surface area contributed by atoms with Gasteiger partial charge >= 0.3 is 11.8 Å². The van der Waals surface area contributed by atoms with E-state index in [9.17, 15) is 23.7 Å². The Morgan fingerprint density at radius 2 is 1.92 bits per heavy atom. The lowest BCUT2D eigenvalue weighted by atomic mass is 10.0. The molecule has 0 atom stereocenters. The summed E-state index contributed by atoms with van der Waals surface area (Å²) in [6, 6.07) is 2.59. The van der Waals surface area contributed by atoms with Gasteiger partial charge in [-0.25, -0.2) is 13.6 Å². The fourth-order valence-electron chi connectivity index (χ4n) is 2.65. The van der Waals surface area contributed by atoms with Crippen molar-refractivity contribution in [3.63, 3.8) is 0 Å². The Bertz CT molecular complexity index is 709. The van der Waals surface area contributed by atoms with Gasteiger partial charge in [0, 0.05) is 31.6 Å². The molecule has 1 aromatic carbocycles. The van der Waals surface area contributed by atoms with Crippen molar-refractivity contribution in [1.82, 2.24) is 0 Å². The number of nitro benzene ring substituents is 1. The van der Waals surface area contributed by atoms with Crippen LogP contribution in [0.3, 0.4) is 0 Å². The minimum Gasteiger partial charge on any atom is -0.444 e. The third kappa shape index (κ3) is 4.93. The number of nitrogens with zero attached hydrogens (tertiary/aromatic N) is 2. The van der Waals surface area contributed by atoms with Crippen LogP contribution in [0.15, 0.2) is 12.1 Å². The molecule has 1 fully saturated rings. The van der Waals surface area contributed by atoms with Gasteiger partial charge in [-0.05, 0) is 32.9 Å². The lowest BCUT2D eigenvalue weighted by molar-refractivity contribution is -0.383. The first-order chi connectivity index (χ1) is 11.9. The van der Waals surface area contributed by atoms with Gasteiger partial charge < -0.3 is 15.4 Å². The number of carbonyl (C=O) groups is 1. The molecule has 0 bridgehead atoms. The molecule has 0 saturated carbocycles. The lowest BCUT2D eigenvalue weighted by Crippen LogP contribution is -2.39. The third-order valence-corrected chi connectivity index (χ3v) is 3.78. The Labute approximate surface area is 149 Å². The molecule has 1 aliphatic rings. The van der Waals surface area contributed by atoms with Crippen LogP contribution in [0.4, 0.5) is 36.3 Å². The van der Waals surface area contributed by atoms with Crippen LogP contribution >= 0.6 is 0 Å². The second-order valence-electron chi connectivity index (χ2n) is 7.16. The van der Waals surface area contributed by atoms with Crippen molar-refractivity contribution >= 4 is 28.8 Å². The molecule has 1 amide bonds. The molecule has 8 nitrogen and oxygen atoms in total. The van der Waals surface area contributed by atoms with E-state index in [4.69, 9.17) is 10.5 Å². The number of hydrogen-bond acceptors (Lipinski definition) is 6. The van der Waals surface area contributed by atoms with Gasteiger partial charge in [0.25, 0.3) is 5.92 Å². The number of alkyl halides is 2. The molecule has 1 aromatic rings. The highest BCUT2D eigenvalue weighted by atomic mass is 19.3. The summed E-state index contributed by atoms with van der Waals surface area (Å²) in [5, 5.41) is 13.8. The van der Waals surface area contributed by atoms with E-state index in [2.05, 4.69) is 5.32 Å². The number of benzene rings is 1. The molecule has 0 radical (unpaired) electrons. The normalized spacial score (nSPS) is 16.9. The van der Waals surface area contributed by atoms with Crippen molar-refractivity contribution in [2.75, 3.05) is 29.0 Å². The third-order valence-electron chi connectivity index (χ3n) is 3.78. The minimum absolute atomic E-state index is 0.0524. The maximum Gasteiger partial charge on any atom is 0.412 e. The maximum atomic E-state index is 13.4. The summed E-state index contributed by atoms with van der Waals surface area (Å²) in [6.07, 6.45) is -1.57. The minimum atomic E-state index is -2.79. The number of nitrogens with one attached hydrogen (secondary N) is 1. The van der Waals surface area contributed by atoms with E-state index < -0.39 is 35.4 Å². The molecule has 10 heteroatoms. The Kier molecular flexibility index (Phi) is 5.24. The van der Waals surface area contributed by atoms with E-state index in [1.807, 2.05) is 0 Å². The zero-order chi connectivity index (χ0) is 19.7. The highest BCUT2D eigenvalue weighted by Gasteiger charge is 2.36. The number of nitrogens with two attached hydrogens (primary N) is 1. The summed E-state index contributed by atoms with van der Waals surface area (Å²) in [4.78, 5) is 24.1. The first-order valence-corrected chi connectivity index (χ1v) is 8.09. The van der Waals surface area contributed by atoms with E-state index in [0.717, 1.165) is 0 Å². The molecule has 1 aliphatic heterocycles. The molecule has 2 rings (SSSR count). The zero-order valence-corrected chi connectivity index (χ0v) is 14.8. The van der Waals surface area contributed by atoms with E-state index in [1.54, 1.807) is 20.8 Å². The molecule has 0 aromatic heterocycles. The largest absolute Gasteiger partial charge is 0.444 e. The highest BCUT2D eigenvalue weighted by Crippen LogP contribution is 2.40. The van der Waals surface area contributed by atoms with Gasteiger partial charge in [0.2, 0.25) is 0 Å². The first kappa shape index (κ1) is 19.7. The predicted molar refractivity (Wildman–Crippen MR) is 93.8 cm³/mol. The molecule has 0 unspecified atom stereocenters. The average molecular weight is 372 g/mol. The van der Waals surface area contributed by atoms with Crippen LogP contribution in [0.5, 0.6) is 0 Å². The Morgan fingerprint density at radius 3 is 2.42 bits per heavy atom. The number of ether oxygens (including phenoxy) is 1. The van der Waals surface area contributed by atoms with Crippen LogP contribution in [0.25, 0.3) is 0 Å². The van der Waals surface area contributed by atoms with E-state index in [0.29, 0.717) is 0 Å². The van der Waals surface area contributed by atoms with Crippen molar-refractivity contribution < 1.29 is 23.2 Å². The smallest absolute Gasteiger partial charge is 0.412 e. The standard InChI is InChI=1S/C16H22F2N4O4/c1-15(2,3)26-14(23)20-10-8-11(19)13(22(24)25)12(9-10)21-6-4-16(17,18)5-7-21/h8-9H,4-7,19H2,1-3H3,(H,20,23). The number of carbonyl (C=O) groups excluding carboxylic acids is 1. The number of piperidine rings is 1. The van der Waals surface area contributed by atoms with Crippen molar-refractivity contribution in [3.8, 4) is 0 Å². The van der Waals surface area contributed by atoms with Gasteiger partial charge in [-0.3, -0.25) is 15.4 Å². The quantitative estimate of drug-likeness (QED) is 0.475. The van der Waals surface area contributed by atoms with E-state index in [1.165, 1.54) is 17.0 Å². The summed E-state index contributed by atoms with van der Waals surface area (Å²) in [7, 11) is 0. The fraction of sp³-hybridized carbons (Fsp3) is 0.562. The molecule has 144 valence electrons. The number of hydrogen-bond donors (Lipinski definition) is 2. The number of nitro groups is 1. The second-order valence-corrected chi connectivity index (χ2v) is 7.16. The van der Waals surface area contributed by atoms with Crippen LogP contribution in [0.1, 0.15) is 33.6 Å². The Hall–Kier alpha value is -2.65. The number of halogens is 2. The molecule has 0 spiro atoms. The zero-order valence-electron chi connectivity index (χ0n) is 14.8. The monoisotopic (exact) mass is 372 g/mol. The van der Waals surface area contributed by atoms with Crippen molar-refractivity contribution in [3.05, 3.63) is 22.2 Å². The highest BCUT2D eigenvalue weighted by molar-refractivity contribution is 5.90. The van der Waals surface area contributed by atoms with E-state index in [-0.39, 0.29) is 35.8 Å². The van der Waals surface area contributed by atoms with Crippen molar-refractivity contribution in [2.45, 2.75) is 45.1 Å². The molecule has 1 heterocycles. The second kappa shape index (κ2) is 6.93. The van der Waals surface area contributed by atoms with Gasteiger partial charge in [0.15, 0.2) is 0 Å². The predicted octanol–water partition coefficient (Wildman–Crippen LogP) is 3.76. The molecular weight excluding hydrogens is 350 g/mol. The van der Waals surface area contributed by atoms with Crippen molar-refractivity contribution in [1.29, 1.82) is 0 Å². The Morgan fingerprint density at radius 1 is 1.35 bits per heavy atom. The number of nitrogen functional groups attached to an aromatic ring is 1. The van der Waals surface area contributed by atoms with Gasteiger partial charge in [-0.1, -0.05) is 0 Å². The van der Waals surface area contributed by atoms with E-state index >= 15 is 0 Å². The Balaban J connectivity index is 2.32. The molecule has 0 aliphatic carbocycles. The molecular formula is C16H22F2N4O4. The van der Waals surface area contributed by atoms with Crippen LogP contribution in [-0.4, -0.2) is 35.6 Å². The lowest BCUT2D eigenvalue weighted by Gasteiger charge is -2.33. The molecule has 3 N–H and O–H groups in total. The molecule has 26 heavy (non-hydrogen) atoms. The van der Waals surface area contributed by atoms with Gasteiger partial charge in [0.05, 0.1) is 4.92 Å². The summed E-state index contributed by atoms with van der Waals surface area (Å²) in [5.74, 6) is -2.79. The average Bonchev–Trinajstić information content (AvgIpc) is 2.43. The van der Waals surface area contributed by atoms with Crippen LogP contribution < -0.4 is 16.0 Å². The molecule has 1 saturated heterocycles. The summed E-state index contributed by atoms with van der Waals surface area (Å²) in [6.45, 7) is 4.97. The summed E-state index contributed by atoms with van der Waals surface area (Å²) < 4.78 is 31.9. The number of anilines is 3. The van der Waals surface area contributed by atoms with Gasteiger partial charge in [-0.2, -0.15) is 0 Å². The summed E-state index contributed by atoms with van der Waals surface area (Å²) in [5.41, 5.74) is 4.80. The van der Waals surface area contributed by atoms with Crippen LogP contribution in [-0.2, 0) is 4.74 Å². The number of amides is 1. The number of rotatable bonds is 3. The first-order valence-electron chi connectivity index (χ1n) is 8.09. The summed E-state index contributed by atoms with van der Waals surface area (Å²) >= 11 is 0. The van der Waals surface area contributed by atoms with Crippen LogP contribution in [0, 0.1) is 10.1 Å². The van der Waals surface area contributed by atoms with Crippen molar-refractivity contribution in [2.24, 2.45) is 0 Å². The van der Waals surface area contributed by atoms with Gasteiger partial charge in [-0.15, -0.1) is 0 Å². The SMILES string of the molecule is CC(C)(C)OC(=O)Nc1cc(N)c([N+](=O)[O-])c(N2CCC(F)(F)CC2)c1. The fourth-order valence-corrected chi connectivity index (χ4v) is 2.65. The topological polar surface area (TPSA) is 111 Å². The van der Waals surface area contributed by atoms with Crippen LogP contribution in [0.2, 0.25) is 0 Å². The van der Waals surface area contributed by atoms with Gasteiger partial charge in [0.1, 0.15) is 17.0 Å².